The van der Waals surface area contributed by atoms with Gasteiger partial charge < -0.3 is 9.13 Å². The number of allylic oxidation sites excluding steroid dienone is 2. The topological polar surface area (TPSA) is 57.4 Å². The third-order valence-electron chi connectivity index (χ3n) is 3.16. The number of aromatic nitrogens is 2. The van der Waals surface area contributed by atoms with Gasteiger partial charge in [0, 0.05) is 14.1 Å². The summed E-state index contributed by atoms with van der Waals surface area (Å²) in [5.41, 5.74) is -6.16. The molecule has 0 aliphatic carbocycles. The van der Waals surface area contributed by atoms with E-state index in [-0.39, 0.29) is 0 Å². The number of nitriles is 2. The van der Waals surface area contributed by atoms with Gasteiger partial charge in [-0.25, -0.2) is 0 Å². The third kappa shape index (κ3) is 3.08. The lowest BCUT2D eigenvalue weighted by Crippen LogP contribution is -2.57. The summed E-state index contributed by atoms with van der Waals surface area (Å²) in [5, 5.41) is 17.3. The van der Waals surface area contributed by atoms with Crippen molar-refractivity contribution in [2.45, 2.75) is 12.4 Å². The average molecular weight is 348 g/mol. The standard InChI is InChI=1S/C14H10F6N4/c1-7(5-21)9(13(15,16)17)11-23(3)12(24(11)4)10(8(2)6-22)14(18,19)20/h1-2H2,3-4H3. The van der Waals surface area contributed by atoms with Gasteiger partial charge in [0.2, 0.25) is 0 Å². The highest BCUT2D eigenvalue weighted by Gasteiger charge is 2.41. The first-order chi connectivity index (χ1) is 10.8. The summed E-state index contributed by atoms with van der Waals surface area (Å²) in [5.74, 6) is 0. The van der Waals surface area contributed by atoms with E-state index >= 15 is 0 Å². The van der Waals surface area contributed by atoms with Gasteiger partial charge in [-0.2, -0.15) is 36.9 Å². The van der Waals surface area contributed by atoms with Gasteiger partial charge >= 0.3 is 12.4 Å². The summed E-state index contributed by atoms with van der Waals surface area (Å²) in [7, 11) is 1.91. The number of halogens is 6. The van der Waals surface area contributed by atoms with Gasteiger partial charge in [0.05, 0.1) is 23.3 Å². The van der Waals surface area contributed by atoms with Crippen LogP contribution in [0.4, 0.5) is 26.3 Å². The van der Waals surface area contributed by atoms with Crippen molar-refractivity contribution in [1.29, 1.82) is 10.5 Å². The molecule has 0 saturated carbocycles. The van der Waals surface area contributed by atoms with E-state index in [9.17, 15) is 26.3 Å². The molecule has 10 heteroatoms. The average Bonchev–Trinajstić information content (AvgIpc) is 2.45. The molecule has 0 amide bonds. The lowest BCUT2D eigenvalue weighted by Gasteiger charge is -2.23. The van der Waals surface area contributed by atoms with Crippen LogP contribution in [0.15, 0.2) is 24.3 Å². The second kappa shape index (κ2) is 5.96. The van der Waals surface area contributed by atoms with Crippen molar-refractivity contribution >= 4 is 11.1 Å². The molecule has 0 spiro atoms. The van der Waals surface area contributed by atoms with Crippen LogP contribution in [0.2, 0.25) is 0 Å². The first kappa shape index (κ1) is 19.2. The fraction of sp³-hybridized carbons (Fsp3) is 0.286. The van der Waals surface area contributed by atoms with Gasteiger partial charge in [-0.1, -0.05) is 13.2 Å². The summed E-state index contributed by atoms with van der Waals surface area (Å²) in [6.45, 7) is 5.96. The molecule has 0 bridgehead atoms. The van der Waals surface area contributed by atoms with Gasteiger partial charge in [-0.05, 0) is 0 Å². The minimum atomic E-state index is -5.00. The van der Waals surface area contributed by atoms with Crippen molar-refractivity contribution in [2.75, 3.05) is 0 Å². The Morgan fingerprint density at radius 1 is 0.792 bits per heavy atom. The van der Waals surface area contributed by atoms with Crippen LogP contribution in [0.1, 0.15) is 0 Å². The molecule has 4 nitrogen and oxygen atoms in total. The first-order valence-electron chi connectivity index (χ1n) is 6.08. The van der Waals surface area contributed by atoms with E-state index in [1.54, 1.807) is 0 Å². The van der Waals surface area contributed by atoms with Gasteiger partial charge in [-0.15, -0.1) is 0 Å². The predicted molar refractivity (Wildman–Crippen MR) is 72.1 cm³/mol. The molecule has 1 aromatic rings. The van der Waals surface area contributed by atoms with Crippen LogP contribution in [0.5, 0.6) is 0 Å². The van der Waals surface area contributed by atoms with Crippen LogP contribution in [0.25, 0.3) is 11.1 Å². The summed E-state index contributed by atoms with van der Waals surface area (Å²) in [4.78, 5) is 0. The second-order valence-corrected chi connectivity index (χ2v) is 4.69. The molecule has 0 aliphatic heterocycles. The van der Waals surface area contributed by atoms with Gasteiger partial charge in [-0.3, -0.25) is 0 Å². The Morgan fingerprint density at radius 3 is 1.21 bits per heavy atom. The normalized spacial score (nSPS) is 11.6. The zero-order valence-corrected chi connectivity index (χ0v) is 12.5. The number of nitrogens with zero attached hydrogens (tertiary/aromatic N) is 4. The highest BCUT2D eigenvalue weighted by molar-refractivity contribution is 5.73. The lowest BCUT2D eigenvalue weighted by molar-refractivity contribution is -0.0706. The molecule has 0 radical (unpaired) electrons. The minimum absolute atomic E-state index is 0.594. The number of hydrogen-bond acceptors (Lipinski definition) is 2. The Labute approximate surface area is 132 Å². The summed E-state index contributed by atoms with van der Waals surface area (Å²) in [6, 6.07) is 2.47. The number of alkyl halides is 6. The Balaban J connectivity index is 4.11. The smallest absolute Gasteiger partial charge is 0.316 e. The zero-order valence-electron chi connectivity index (χ0n) is 12.5. The van der Waals surface area contributed by atoms with E-state index in [0.29, 0.717) is 9.13 Å². The fourth-order valence-electron chi connectivity index (χ4n) is 2.25. The molecular weight excluding hydrogens is 338 g/mol. The summed E-state index contributed by atoms with van der Waals surface area (Å²) < 4.78 is 80.0. The van der Waals surface area contributed by atoms with Crippen LogP contribution in [-0.4, -0.2) is 21.5 Å². The van der Waals surface area contributed by atoms with Crippen molar-refractivity contribution in [1.82, 2.24) is 9.13 Å². The van der Waals surface area contributed by atoms with E-state index in [2.05, 4.69) is 13.2 Å². The molecule has 24 heavy (non-hydrogen) atoms. The van der Waals surface area contributed by atoms with E-state index < -0.39 is 45.6 Å². The van der Waals surface area contributed by atoms with E-state index in [1.165, 1.54) is 12.1 Å². The van der Waals surface area contributed by atoms with Crippen LogP contribution in [0.3, 0.4) is 0 Å². The van der Waals surface area contributed by atoms with Crippen LogP contribution in [0, 0.1) is 22.7 Å². The molecule has 1 rings (SSSR count). The number of rotatable bonds is 2. The van der Waals surface area contributed by atoms with Crippen molar-refractivity contribution in [2.24, 2.45) is 14.1 Å². The molecule has 0 unspecified atom stereocenters. The maximum absolute atomic E-state index is 13.1. The second-order valence-electron chi connectivity index (χ2n) is 4.69. The highest BCUT2D eigenvalue weighted by Crippen LogP contribution is 2.32. The predicted octanol–water partition coefficient (Wildman–Crippen LogP) is 1.95. The molecular formula is C14H10F6N4. The van der Waals surface area contributed by atoms with Crippen molar-refractivity contribution in [3.8, 4) is 12.1 Å². The Bertz CT molecular complexity index is 810. The first-order valence-corrected chi connectivity index (χ1v) is 6.08. The van der Waals surface area contributed by atoms with Gasteiger partial charge in [0.1, 0.15) is 22.1 Å². The molecule has 0 atom stereocenters. The summed E-state index contributed by atoms with van der Waals surface area (Å²) in [6.07, 6.45) is -10.00. The van der Waals surface area contributed by atoms with Crippen LogP contribution >= 0.6 is 0 Å². The van der Waals surface area contributed by atoms with Crippen molar-refractivity contribution in [3.63, 3.8) is 0 Å². The molecule has 1 heterocycles. The Kier molecular flexibility index (Phi) is 4.76. The third-order valence-corrected chi connectivity index (χ3v) is 3.16. The van der Waals surface area contributed by atoms with E-state index in [1.807, 2.05) is 0 Å². The molecule has 0 N–H and O–H groups in total. The molecule has 1 aromatic heterocycles. The Hall–Kier alpha value is -2.88. The lowest BCUT2D eigenvalue weighted by atomic mass is 10.1. The van der Waals surface area contributed by atoms with E-state index in [0.717, 1.165) is 14.1 Å². The molecule has 0 aromatic carbocycles. The molecule has 0 saturated heterocycles. The van der Waals surface area contributed by atoms with Crippen LogP contribution in [-0.2, 0) is 14.1 Å². The summed E-state index contributed by atoms with van der Waals surface area (Å²) >= 11 is 0. The largest absolute Gasteiger partial charge is 0.421 e. The maximum atomic E-state index is 13.1. The van der Waals surface area contributed by atoms with E-state index in [4.69, 9.17) is 10.5 Å². The SMILES string of the molecule is C=C(C#N)C(=c1n(C)c(=C(C(=C)C#N)C(F)(F)F)n1C)C(F)(F)F. The molecule has 128 valence electrons. The zero-order chi connectivity index (χ0) is 19.0. The minimum Gasteiger partial charge on any atom is -0.316 e. The Morgan fingerprint density at radius 2 is 1.04 bits per heavy atom. The highest BCUT2D eigenvalue weighted by atomic mass is 19.4. The monoisotopic (exact) mass is 348 g/mol. The van der Waals surface area contributed by atoms with Gasteiger partial charge in [0.25, 0.3) is 0 Å². The molecule has 0 aliphatic rings. The van der Waals surface area contributed by atoms with Crippen LogP contribution < -0.4 is 11.0 Å². The van der Waals surface area contributed by atoms with Crippen molar-refractivity contribution in [3.05, 3.63) is 35.3 Å². The van der Waals surface area contributed by atoms with Gasteiger partial charge in [0.15, 0.2) is 0 Å². The fourth-order valence-corrected chi connectivity index (χ4v) is 2.25. The van der Waals surface area contributed by atoms with Crippen molar-refractivity contribution < 1.29 is 26.3 Å². The quantitative estimate of drug-likeness (QED) is 0.606. The molecule has 0 fully saturated rings. The number of hydrogen-bond donors (Lipinski definition) is 0. The maximum Gasteiger partial charge on any atom is 0.421 e.